The lowest BCUT2D eigenvalue weighted by molar-refractivity contribution is -0.348. The van der Waals surface area contributed by atoms with Crippen molar-refractivity contribution in [1.82, 2.24) is 0 Å². The summed E-state index contributed by atoms with van der Waals surface area (Å²) in [5, 5.41) is 0. The fourth-order valence-corrected chi connectivity index (χ4v) is 4.69. The zero-order chi connectivity index (χ0) is 34.6. The van der Waals surface area contributed by atoms with Crippen LogP contribution >= 0.6 is 0 Å². The third kappa shape index (κ3) is 7.13. The van der Waals surface area contributed by atoms with Crippen LogP contribution in [0.1, 0.15) is 37.4 Å². The molecule has 0 spiro atoms. The van der Waals surface area contributed by atoms with Gasteiger partial charge in [0.25, 0.3) is 11.8 Å². The van der Waals surface area contributed by atoms with Crippen molar-refractivity contribution < 1.29 is 59.4 Å². The van der Waals surface area contributed by atoms with E-state index in [-0.39, 0.29) is 22.5 Å². The van der Waals surface area contributed by atoms with Gasteiger partial charge in [-0.15, -0.1) is 0 Å². The van der Waals surface area contributed by atoms with E-state index in [0.717, 1.165) is 37.9 Å². The van der Waals surface area contributed by atoms with Gasteiger partial charge in [-0.2, -0.15) is 26.3 Å². The number of nitrogens with zero attached hydrogens (tertiary/aromatic N) is 2. The highest BCUT2D eigenvalue weighted by Crippen LogP contribution is 2.54. The minimum Gasteiger partial charge on any atom is -0.468 e. The molecule has 0 aromatic heterocycles. The molecule has 3 rings (SSSR count). The second kappa shape index (κ2) is 13.6. The average molecular weight is 657 g/mol. The molecule has 15 heteroatoms. The lowest BCUT2D eigenvalue weighted by atomic mass is 9.90. The third-order valence-electron chi connectivity index (χ3n) is 6.89. The molecule has 0 heterocycles. The summed E-state index contributed by atoms with van der Waals surface area (Å²) in [5.41, 5.74) is -8.57. The van der Waals surface area contributed by atoms with Gasteiger partial charge in [0.05, 0.1) is 19.9 Å². The number of carbonyl (C=O) groups is 4. The third-order valence-corrected chi connectivity index (χ3v) is 6.89. The van der Waals surface area contributed by atoms with Crippen molar-refractivity contribution in [1.29, 1.82) is 0 Å². The summed E-state index contributed by atoms with van der Waals surface area (Å²) in [7, 11) is 2.09. The van der Waals surface area contributed by atoms with Crippen molar-refractivity contribution in [2.24, 2.45) is 0 Å². The summed E-state index contributed by atoms with van der Waals surface area (Å²) in [6.07, 6.45) is -12.7. The molecule has 0 unspecified atom stereocenters. The predicted octanol–water partition coefficient (Wildman–Crippen LogP) is 6.23. The number of methoxy groups -OCH3 is 2. The summed E-state index contributed by atoms with van der Waals surface area (Å²) >= 11 is 0. The highest BCUT2D eigenvalue weighted by molar-refractivity contribution is 6.11. The van der Waals surface area contributed by atoms with Crippen LogP contribution < -0.4 is 9.80 Å². The Hall–Kier alpha value is -4.95. The van der Waals surface area contributed by atoms with E-state index in [1.807, 2.05) is 0 Å². The van der Waals surface area contributed by atoms with Gasteiger partial charge in [0.1, 0.15) is 13.1 Å². The normalized spacial score (nSPS) is 11.9. The molecule has 3 aromatic carbocycles. The van der Waals surface area contributed by atoms with Gasteiger partial charge < -0.3 is 9.47 Å². The maximum Gasteiger partial charge on any atom is 0.435 e. The van der Waals surface area contributed by atoms with Crippen LogP contribution in [-0.2, 0) is 24.7 Å². The van der Waals surface area contributed by atoms with Crippen molar-refractivity contribution in [2.75, 3.05) is 37.1 Å². The zero-order valence-corrected chi connectivity index (χ0v) is 24.8. The van der Waals surface area contributed by atoms with Crippen molar-refractivity contribution in [3.05, 3.63) is 94.5 Å². The van der Waals surface area contributed by atoms with E-state index >= 15 is 0 Å². The van der Waals surface area contributed by atoms with Gasteiger partial charge in [-0.1, -0.05) is 36.4 Å². The molecule has 0 radical (unpaired) electrons. The maximum atomic E-state index is 14.9. The largest absolute Gasteiger partial charge is 0.468 e. The molecule has 246 valence electrons. The monoisotopic (exact) mass is 656 g/mol. The first kappa shape index (κ1) is 35.5. The zero-order valence-electron chi connectivity index (χ0n) is 24.8. The smallest absolute Gasteiger partial charge is 0.435 e. The summed E-state index contributed by atoms with van der Waals surface area (Å²) in [4.78, 5) is 53.5. The minimum atomic E-state index is -6.37. The first-order chi connectivity index (χ1) is 21.4. The molecule has 3 aromatic rings. The number of esters is 2. The molecular formula is C31H27F7N2O6. The first-order valence-electron chi connectivity index (χ1n) is 13.2. The van der Waals surface area contributed by atoms with Crippen molar-refractivity contribution in [2.45, 2.75) is 31.9 Å². The Morgan fingerprint density at radius 2 is 1.09 bits per heavy atom. The molecule has 8 nitrogen and oxygen atoms in total. The summed E-state index contributed by atoms with van der Waals surface area (Å²) < 4.78 is 105. The number of rotatable bonds is 9. The van der Waals surface area contributed by atoms with E-state index in [4.69, 9.17) is 4.74 Å². The predicted molar refractivity (Wildman–Crippen MR) is 151 cm³/mol. The van der Waals surface area contributed by atoms with E-state index in [0.29, 0.717) is 12.1 Å². The van der Waals surface area contributed by atoms with E-state index < -0.39 is 71.6 Å². The fourth-order valence-electron chi connectivity index (χ4n) is 4.69. The number of benzene rings is 3. The van der Waals surface area contributed by atoms with Gasteiger partial charge in [0.2, 0.25) is 0 Å². The van der Waals surface area contributed by atoms with Gasteiger partial charge in [-0.25, -0.2) is 4.39 Å². The van der Waals surface area contributed by atoms with E-state index in [1.54, 1.807) is 18.2 Å². The van der Waals surface area contributed by atoms with Crippen LogP contribution in [0.4, 0.5) is 42.1 Å². The molecule has 0 atom stereocenters. The van der Waals surface area contributed by atoms with Crippen LogP contribution in [-0.4, -0.2) is 63.4 Å². The Morgan fingerprint density at radius 3 is 1.57 bits per heavy atom. The fraction of sp³-hybridized carbons (Fsp3) is 0.290. The Bertz CT molecular complexity index is 1590. The number of carbonyl (C=O) groups excluding carboxylic acids is 4. The number of aryl methyl sites for hydroxylation is 2. The molecule has 2 amide bonds. The Labute approximate surface area is 258 Å². The second-order valence-corrected chi connectivity index (χ2v) is 9.96. The van der Waals surface area contributed by atoms with Crippen molar-refractivity contribution in [3.63, 3.8) is 0 Å². The molecule has 0 saturated heterocycles. The summed E-state index contributed by atoms with van der Waals surface area (Å²) in [6, 6.07) is 13.6. The van der Waals surface area contributed by atoms with E-state index in [1.165, 1.54) is 36.4 Å². The first-order valence-corrected chi connectivity index (χ1v) is 13.2. The van der Waals surface area contributed by atoms with Crippen LogP contribution in [0.2, 0.25) is 0 Å². The topological polar surface area (TPSA) is 93.2 Å². The summed E-state index contributed by atoms with van der Waals surface area (Å²) in [6.45, 7) is 0.665. The van der Waals surface area contributed by atoms with E-state index in [2.05, 4.69) is 4.74 Å². The van der Waals surface area contributed by atoms with Crippen LogP contribution in [0.5, 0.6) is 0 Å². The van der Waals surface area contributed by atoms with Gasteiger partial charge in [-0.3, -0.25) is 29.0 Å². The lowest BCUT2D eigenvalue weighted by Gasteiger charge is -2.32. The molecule has 0 aliphatic rings. The lowest BCUT2D eigenvalue weighted by Crippen LogP contribution is -2.50. The molecule has 0 aliphatic carbocycles. The van der Waals surface area contributed by atoms with Crippen LogP contribution in [0.3, 0.4) is 0 Å². The number of amides is 2. The standard InChI is InChI=1S/C31H27F7N2O6/c1-18-13-22(29(32,30(33,34)35)31(36,37)38)14-19(2)26(18)40(17-25(42)46-4)28(44)21-11-8-12-23(15-21)39(16-24(41)45-3)27(43)20-9-6-5-7-10-20/h5-15H,16-17H2,1-4H3. The molecule has 0 fully saturated rings. The van der Waals surface area contributed by atoms with Crippen molar-refractivity contribution in [3.8, 4) is 0 Å². The number of hydrogen-bond acceptors (Lipinski definition) is 6. The minimum absolute atomic E-state index is 0.0319. The van der Waals surface area contributed by atoms with E-state index in [9.17, 15) is 49.9 Å². The maximum absolute atomic E-state index is 14.9. The Balaban J connectivity index is 2.16. The van der Waals surface area contributed by atoms with Gasteiger partial charge >= 0.3 is 30.0 Å². The number of anilines is 2. The molecular weight excluding hydrogens is 629 g/mol. The van der Waals surface area contributed by atoms with Crippen LogP contribution in [0.15, 0.2) is 66.7 Å². The number of halogens is 7. The highest BCUT2D eigenvalue weighted by atomic mass is 19.4. The number of hydrogen-bond donors (Lipinski definition) is 0. The highest BCUT2D eigenvalue weighted by Gasteiger charge is 2.73. The molecule has 0 saturated carbocycles. The number of ether oxygens (including phenoxy) is 2. The molecule has 0 aliphatic heterocycles. The molecule has 0 N–H and O–H groups in total. The van der Waals surface area contributed by atoms with Gasteiger partial charge in [-0.05, 0) is 55.3 Å². The number of alkyl halides is 7. The molecule has 46 heavy (non-hydrogen) atoms. The average Bonchev–Trinajstić information content (AvgIpc) is 3.00. The summed E-state index contributed by atoms with van der Waals surface area (Å²) in [5.74, 6) is -3.45. The second-order valence-electron chi connectivity index (χ2n) is 9.96. The quantitative estimate of drug-likeness (QED) is 0.200. The van der Waals surface area contributed by atoms with Crippen LogP contribution in [0.25, 0.3) is 0 Å². The van der Waals surface area contributed by atoms with Gasteiger partial charge in [0.15, 0.2) is 0 Å². The van der Waals surface area contributed by atoms with Crippen molar-refractivity contribution >= 4 is 35.1 Å². The van der Waals surface area contributed by atoms with Gasteiger partial charge in [0, 0.05) is 22.4 Å². The Kier molecular flexibility index (Phi) is 10.5. The Morgan fingerprint density at radius 1 is 0.630 bits per heavy atom. The van der Waals surface area contributed by atoms with Crippen LogP contribution in [0, 0.1) is 13.8 Å². The SMILES string of the molecule is COC(=O)CN(C(=O)c1ccccc1)c1cccc(C(=O)N(CC(=O)OC)c2c(C)cc(C(F)(C(F)(F)F)C(F)(F)F)cc2C)c1. The molecule has 0 bridgehead atoms.